The van der Waals surface area contributed by atoms with Crippen LogP contribution in [0.5, 0.6) is 5.75 Å². The molecule has 6 nitrogen and oxygen atoms in total. The van der Waals surface area contributed by atoms with Gasteiger partial charge in [-0.05, 0) is 68.5 Å². The van der Waals surface area contributed by atoms with Crippen LogP contribution < -0.4 is 4.74 Å². The first kappa shape index (κ1) is 22.9. The molecule has 0 aromatic heterocycles. The second kappa shape index (κ2) is 9.32. The molecule has 2 aliphatic heterocycles. The molecule has 32 heavy (non-hydrogen) atoms. The van der Waals surface area contributed by atoms with E-state index in [4.69, 9.17) is 18.9 Å². The van der Waals surface area contributed by atoms with Gasteiger partial charge in [0.2, 0.25) is 0 Å². The number of Topliss-reactive ketones (excluding diaryl/α,β-unsaturated/α-hetero) is 1. The molecule has 4 atom stereocenters. The van der Waals surface area contributed by atoms with E-state index in [0.29, 0.717) is 12.0 Å². The molecule has 2 fully saturated rings. The number of aliphatic hydroxyl groups excluding tert-OH is 1. The SMILES string of the molecule is CCCCOc1ccc(Cc2cc(C(=O)[C@@H]3O[C@H]4OC(C)(C)O[C@H]4[C@@H]3O)ccc2C)cc1. The highest BCUT2D eigenvalue weighted by Crippen LogP contribution is 2.38. The zero-order chi connectivity index (χ0) is 22.9. The summed E-state index contributed by atoms with van der Waals surface area (Å²) < 4.78 is 22.8. The maximum Gasteiger partial charge on any atom is 0.194 e. The number of benzene rings is 2. The molecule has 0 bridgehead atoms. The van der Waals surface area contributed by atoms with Crippen molar-refractivity contribution in [1.82, 2.24) is 0 Å². The van der Waals surface area contributed by atoms with Gasteiger partial charge >= 0.3 is 0 Å². The van der Waals surface area contributed by atoms with E-state index in [1.54, 1.807) is 19.9 Å². The number of hydrogen-bond acceptors (Lipinski definition) is 6. The van der Waals surface area contributed by atoms with Gasteiger partial charge in [0, 0.05) is 5.56 Å². The van der Waals surface area contributed by atoms with Crippen LogP contribution in [-0.2, 0) is 20.6 Å². The molecule has 4 rings (SSSR count). The highest BCUT2D eigenvalue weighted by atomic mass is 16.8. The number of rotatable bonds is 8. The summed E-state index contributed by atoms with van der Waals surface area (Å²) in [6.45, 7) is 8.41. The fraction of sp³-hybridized carbons (Fsp3) is 0.500. The molecule has 1 N–H and O–H groups in total. The Kier molecular flexibility index (Phi) is 6.67. The van der Waals surface area contributed by atoms with Gasteiger partial charge in [0.05, 0.1) is 6.61 Å². The summed E-state index contributed by atoms with van der Waals surface area (Å²) in [5.41, 5.74) is 3.80. The average molecular weight is 441 g/mol. The largest absolute Gasteiger partial charge is 0.494 e. The molecule has 0 saturated carbocycles. The van der Waals surface area contributed by atoms with Gasteiger partial charge in [-0.2, -0.15) is 0 Å². The lowest BCUT2D eigenvalue weighted by molar-refractivity contribution is -0.208. The number of aryl methyl sites for hydroxylation is 1. The van der Waals surface area contributed by atoms with Crippen molar-refractivity contribution in [1.29, 1.82) is 0 Å². The second-order valence-corrected chi connectivity index (χ2v) is 9.04. The van der Waals surface area contributed by atoms with Crippen LogP contribution in [0.4, 0.5) is 0 Å². The number of unbranched alkanes of at least 4 members (excludes halogenated alkanes) is 1. The van der Waals surface area contributed by atoms with Crippen LogP contribution in [0, 0.1) is 6.92 Å². The molecular formula is C26H32O6. The Bertz CT molecular complexity index is 951. The summed E-state index contributed by atoms with van der Waals surface area (Å²) >= 11 is 0. The standard InChI is InChI=1S/C26H32O6/c1-5-6-13-29-20-11-8-17(9-12-20)14-19-15-18(10-7-16(19)2)21(27)23-22(28)24-25(30-23)32-26(3,4)31-24/h7-12,15,22-25,28H,5-6,13-14H2,1-4H3/t22-,23+,24+,25+/m1/s1. The highest BCUT2D eigenvalue weighted by molar-refractivity contribution is 6.00. The number of ketones is 1. The van der Waals surface area contributed by atoms with Crippen molar-refractivity contribution in [3.8, 4) is 5.75 Å². The lowest BCUT2D eigenvalue weighted by Crippen LogP contribution is -2.38. The predicted octanol–water partition coefficient (Wildman–Crippen LogP) is 4.18. The van der Waals surface area contributed by atoms with Crippen LogP contribution in [0.2, 0.25) is 0 Å². The number of hydrogen-bond donors (Lipinski definition) is 1. The van der Waals surface area contributed by atoms with E-state index in [-0.39, 0.29) is 5.78 Å². The van der Waals surface area contributed by atoms with E-state index in [9.17, 15) is 9.90 Å². The van der Waals surface area contributed by atoms with E-state index < -0.39 is 30.4 Å². The van der Waals surface area contributed by atoms with Crippen LogP contribution in [0.3, 0.4) is 0 Å². The molecule has 0 spiro atoms. The van der Waals surface area contributed by atoms with Gasteiger partial charge in [0.1, 0.15) is 18.0 Å². The molecule has 2 aromatic carbocycles. The summed E-state index contributed by atoms with van der Waals surface area (Å²) in [5, 5.41) is 10.6. The van der Waals surface area contributed by atoms with E-state index in [1.807, 2.05) is 31.2 Å². The summed E-state index contributed by atoms with van der Waals surface area (Å²) in [7, 11) is 0. The Balaban J connectivity index is 1.44. The van der Waals surface area contributed by atoms with Crippen molar-refractivity contribution in [3.63, 3.8) is 0 Å². The predicted molar refractivity (Wildman–Crippen MR) is 120 cm³/mol. The van der Waals surface area contributed by atoms with Gasteiger partial charge < -0.3 is 24.1 Å². The third kappa shape index (κ3) is 4.89. The molecule has 172 valence electrons. The molecule has 2 aromatic rings. The van der Waals surface area contributed by atoms with Crippen molar-refractivity contribution in [2.24, 2.45) is 0 Å². The van der Waals surface area contributed by atoms with Gasteiger partial charge in [0.15, 0.2) is 24.0 Å². The monoisotopic (exact) mass is 440 g/mol. The minimum atomic E-state index is -1.07. The maximum absolute atomic E-state index is 13.1. The van der Waals surface area contributed by atoms with Crippen molar-refractivity contribution in [2.45, 2.75) is 77.3 Å². The number of carbonyl (C=O) groups is 1. The summed E-state index contributed by atoms with van der Waals surface area (Å²) in [5.74, 6) is -0.232. The van der Waals surface area contributed by atoms with E-state index in [1.165, 1.54) is 0 Å². The fourth-order valence-electron chi connectivity index (χ4n) is 4.15. The molecule has 0 amide bonds. The van der Waals surface area contributed by atoms with Gasteiger partial charge in [-0.25, -0.2) is 0 Å². The van der Waals surface area contributed by atoms with Crippen molar-refractivity contribution < 1.29 is 28.8 Å². The number of carbonyl (C=O) groups excluding carboxylic acids is 1. The minimum Gasteiger partial charge on any atom is -0.494 e. The van der Waals surface area contributed by atoms with Crippen molar-refractivity contribution in [2.75, 3.05) is 6.61 Å². The van der Waals surface area contributed by atoms with E-state index in [2.05, 4.69) is 19.1 Å². The zero-order valence-electron chi connectivity index (χ0n) is 19.2. The van der Waals surface area contributed by atoms with Gasteiger partial charge in [-0.1, -0.05) is 37.6 Å². The third-order valence-corrected chi connectivity index (χ3v) is 5.99. The van der Waals surface area contributed by atoms with Crippen molar-refractivity contribution >= 4 is 5.78 Å². The molecule has 2 saturated heterocycles. The van der Waals surface area contributed by atoms with Crippen LogP contribution in [0.15, 0.2) is 42.5 Å². The second-order valence-electron chi connectivity index (χ2n) is 9.04. The molecule has 6 heteroatoms. The van der Waals surface area contributed by atoms with Gasteiger partial charge in [-0.15, -0.1) is 0 Å². The summed E-state index contributed by atoms with van der Waals surface area (Å²) in [6, 6.07) is 13.7. The molecule has 0 radical (unpaired) electrons. The lowest BCUT2D eigenvalue weighted by Gasteiger charge is -2.22. The number of ether oxygens (including phenoxy) is 4. The lowest BCUT2D eigenvalue weighted by atomic mass is 9.94. The molecule has 2 heterocycles. The Morgan fingerprint density at radius 3 is 2.56 bits per heavy atom. The average Bonchev–Trinajstić information content (AvgIpc) is 3.22. The highest BCUT2D eigenvalue weighted by Gasteiger charge is 2.56. The zero-order valence-corrected chi connectivity index (χ0v) is 19.2. The van der Waals surface area contributed by atoms with Crippen LogP contribution in [0.25, 0.3) is 0 Å². The quantitative estimate of drug-likeness (QED) is 0.490. The molecule has 0 unspecified atom stereocenters. The van der Waals surface area contributed by atoms with Gasteiger partial charge in [-0.3, -0.25) is 4.79 Å². The third-order valence-electron chi connectivity index (χ3n) is 5.99. The van der Waals surface area contributed by atoms with E-state index >= 15 is 0 Å². The van der Waals surface area contributed by atoms with Crippen LogP contribution >= 0.6 is 0 Å². The van der Waals surface area contributed by atoms with E-state index in [0.717, 1.165) is 41.9 Å². The first-order chi connectivity index (χ1) is 15.3. The first-order valence-corrected chi connectivity index (χ1v) is 11.3. The molecule has 0 aliphatic carbocycles. The Morgan fingerprint density at radius 1 is 1.12 bits per heavy atom. The van der Waals surface area contributed by atoms with Crippen LogP contribution in [-0.4, -0.2) is 47.9 Å². The van der Waals surface area contributed by atoms with Crippen LogP contribution in [0.1, 0.15) is 60.7 Å². The first-order valence-electron chi connectivity index (χ1n) is 11.3. The van der Waals surface area contributed by atoms with Crippen molar-refractivity contribution in [3.05, 3.63) is 64.7 Å². The topological polar surface area (TPSA) is 74.2 Å². The fourth-order valence-corrected chi connectivity index (χ4v) is 4.15. The summed E-state index contributed by atoms with van der Waals surface area (Å²) in [4.78, 5) is 13.1. The normalized spacial score (nSPS) is 26.2. The number of aliphatic hydroxyl groups is 1. The maximum atomic E-state index is 13.1. The Morgan fingerprint density at radius 2 is 1.88 bits per heavy atom. The summed E-state index contributed by atoms with van der Waals surface area (Å²) in [6.07, 6.45) is -0.635. The number of fused-ring (bicyclic) bond motifs is 1. The molecular weight excluding hydrogens is 408 g/mol. The van der Waals surface area contributed by atoms with Gasteiger partial charge in [0.25, 0.3) is 0 Å². The minimum absolute atomic E-state index is 0.266. The smallest absolute Gasteiger partial charge is 0.194 e. The molecule has 2 aliphatic rings. The Labute approximate surface area is 189 Å². The Hall–Kier alpha value is -2.25.